The molecule has 0 saturated carbocycles. The van der Waals surface area contributed by atoms with E-state index in [9.17, 15) is 13.5 Å². The fourth-order valence-corrected chi connectivity index (χ4v) is 4.44. The van der Waals surface area contributed by atoms with Crippen molar-refractivity contribution in [1.82, 2.24) is 9.21 Å². The Kier molecular flexibility index (Phi) is 5.84. The van der Waals surface area contributed by atoms with E-state index >= 15 is 0 Å². The minimum atomic E-state index is -3.06. The number of aliphatic hydroxyl groups excluding tert-OH is 1. The van der Waals surface area contributed by atoms with Crippen molar-refractivity contribution in [3.8, 4) is 0 Å². The highest BCUT2D eigenvalue weighted by Gasteiger charge is 2.29. The molecule has 2 aliphatic heterocycles. The van der Waals surface area contributed by atoms with Crippen LogP contribution in [-0.4, -0.2) is 67.8 Å². The third-order valence-corrected chi connectivity index (χ3v) is 5.92. The molecule has 2 aliphatic rings. The van der Waals surface area contributed by atoms with Crippen molar-refractivity contribution in [3.63, 3.8) is 0 Å². The van der Waals surface area contributed by atoms with Crippen LogP contribution in [-0.2, 0) is 10.0 Å². The Morgan fingerprint density at radius 2 is 1.90 bits per heavy atom. The van der Waals surface area contributed by atoms with Crippen LogP contribution >= 0.6 is 0 Å². The average molecular weight is 304 g/mol. The first-order chi connectivity index (χ1) is 9.50. The molecule has 2 fully saturated rings. The number of aliphatic hydroxyl groups is 1. The molecule has 0 spiro atoms. The predicted octanol–water partition coefficient (Wildman–Crippen LogP) is 0.895. The average Bonchev–Trinajstić information content (AvgIpc) is 2.63. The standard InChI is InChI=1S/C14H28N2O3S/c1-20(18,19)16-9-5-6-13(11-16)10-15-8-4-2-3-7-14(15)12-17/h13-14,17H,2-12H2,1H3. The normalized spacial score (nSPS) is 31.1. The summed E-state index contributed by atoms with van der Waals surface area (Å²) in [5.74, 6) is 0.408. The molecule has 1 N–H and O–H groups in total. The van der Waals surface area contributed by atoms with Gasteiger partial charge in [-0.1, -0.05) is 12.8 Å². The lowest BCUT2D eigenvalue weighted by Gasteiger charge is -2.36. The van der Waals surface area contributed by atoms with Gasteiger partial charge >= 0.3 is 0 Å². The smallest absolute Gasteiger partial charge is 0.211 e. The van der Waals surface area contributed by atoms with Crippen LogP contribution in [0, 0.1) is 5.92 Å². The maximum Gasteiger partial charge on any atom is 0.211 e. The quantitative estimate of drug-likeness (QED) is 0.838. The third-order valence-electron chi connectivity index (χ3n) is 4.65. The number of hydrogen-bond donors (Lipinski definition) is 1. The summed E-state index contributed by atoms with van der Waals surface area (Å²) in [6, 6.07) is 0.270. The van der Waals surface area contributed by atoms with Gasteiger partial charge in [0.15, 0.2) is 0 Å². The van der Waals surface area contributed by atoms with Gasteiger partial charge in [0.05, 0.1) is 12.9 Å². The van der Waals surface area contributed by atoms with E-state index in [0.717, 1.165) is 32.4 Å². The monoisotopic (exact) mass is 304 g/mol. The number of sulfonamides is 1. The van der Waals surface area contributed by atoms with Gasteiger partial charge in [-0.2, -0.15) is 0 Å². The molecule has 5 nitrogen and oxygen atoms in total. The van der Waals surface area contributed by atoms with E-state index in [1.54, 1.807) is 4.31 Å². The third kappa shape index (κ3) is 4.41. The van der Waals surface area contributed by atoms with Crippen molar-refractivity contribution in [1.29, 1.82) is 0 Å². The van der Waals surface area contributed by atoms with Gasteiger partial charge in [0.25, 0.3) is 0 Å². The minimum Gasteiger partial charge on any atom is -0.395 e. The van der Waals surface area contributed by atoms with Crippen molar-refractivity contribution in [2.24, 2.45) is 5.92 Å². The topological polar surface area (TPSA) is 60.9 Å². The predicted molar refractivity (Wildman–Crippen MR) is 80.1 cm³/mol. The second-order valence-electron chi connectivity index (χ2n) is 6.31. The molecule has 0 bridgehead atoms. The fraction of sp³-hybridized carbons (Fsp3) is 1.00. The van der Waals surface area contributed by atoms with Crippen LogP contribution in [0.1, 0.15) is 38.5 Å². The molecule has 2 rings (SSSR count). The van der Waals surface area contributed by atoms with Crippen molar-refractivity contribution < 1.29 is 13.5 Å². The first-order valence-electron chi connectivity index (χ1n) is 7.80. The first kappa shape index (κ1) is 16.2. The van der Waals surface area contributed by atoms with Gasteiger partial charge in [0.2, 0.25) is 10.0 Å². The van der Waals surface area contributed by atoms with Crippen LogP contribution in [0.3, 0.4) is 0 Å². The van der Waals surface area contributed by atoms with Gasteiger partial charge in [-0.05, 0) is 38.1 Å². The summed E-state index contributed by atoms with van der Waals surface area (Å²) in [5, 5.41) is 9.55. The molecule has 0 amide bonds. The summed E-state index contributed by atoms with van der Waals surface area (Å²) in [5.41, 5.74) is 0. The van der Waals surface area contributed by atoms with Crippen molar-refractivity contribution in [3.05, 3.63) is 0 Å². The molecule has 0 aliphatic carbocycles. The highest BCUT2D eigenvalue weighted by molar-refractivity contribution is 7.88. The van der Waals surface area contributed by atoms with Crippen molar-refractivity contribution in [2.75, 3.05) is 39.0 Å². The number of rotatable bonds is 4. The summed E-state index contributed by atoms with van der Waals surface area (Å²) >= 11 is 0. The van der Waals surface area contributed by atoms with Crippen LogP contribution in [0.15, 0.2) is 0 Å². The Labute approximate surface area is 123 Å². The largest absolute Gasteiger partial charge is 0.395 e. The zero-order chi connectivity index (χ0) is 14.6. The summed E-state index contributed by atoms with van der Waals surface area (Å²) in [6.07, 6.45) is 8.06. The maximum atomic E-state index is 11.7. The van der Waals surface area contributed by atoms with Crippen LogP contribution in [0.4, 0.5) is 0 Å². The Morgan fingerprint density at radius 3 is 2.60 bits per heavy atom. The minimum absolute atomic E-state index is 0.225. The van der Waals surface area contributed by atoms with E-state index in [0.29, 0.717) is 19.0 Å². The summed E-state index contributed by atoms with van der Waals surface area (Å²) in [6.45, 7) is 3.51. The van der Waals surface area contributed by atoms with Gasteiger partial charge in [-0.25, -0.2) is 12.7 Å². The summed E-state index contributed by atoms with van der Waals surface area (Å²) in [7, 11) is -3.06. The molecule has 2 heterocycles. The van der Waals surface area contributed by atoms with Gasteiger partial charge in [-0.3, -0.25) is 4.90 Å². The highest BCUT2D eigenvalue weighted by Crippen LogP contribution is 2.23. The number of likely N-dealkylation sites (tertiary alicyclic amines) is 1. The Balaban J connectivity index is 1.93. The molecule has 6 heteroatoms. The number of hydrogen-bond acceptors (Lipinski definition) is 4. The Bertz CT molecular complexity index is 399. The highest BCUT2D eigenvalue weighted by atomic mass is 32.2. The van der Waals surface area contributed by atoms with E-state index in [2.05, 4.69) is 4.90 Å². The lowest BCUT2D eigenvalue weighted by atomic mass is 9.98. The number of nitrogens with zero attached hydrogens (tertiary/aromatic N) is 2. The van der Waals surface area contributed by atoms with Gasteiger partial charge in [0.1, 0.15) is 0 Å². The molecule has 2 unspecified atom stereocenters. The molecule has 0 radical (unpaired) electrons. The fourth-order valence-electron chi connectivity index (χ4n) is 3.49. The lowest BCUT2D eigenvalue weighted by Crippen LogP contribution is -2.46. The second-order valence-corrected chi connectivity index (χ2v) is 8.29. The molecule has 0 aromatic heterocycles. The van der Waals surface area contributed by atoms with Crippen molar-refractivity contribution >= 4 is 10.0 Å². The summed E-state index contributed by atoms with van der Waals surface area (Å²) in [4.78, 5) is 2.39. The SMILES string of the molecule is CS(=O)(=O)N1CCCC(CN2CCCCCC2CO)C1. The Hall–Kier alpha value is -0.170. The Morgan fingerprint density at radius 1 is 1.10 bits per heavy atom. The molecule has 118 valence electrons. The van der Waals surface area contributed by atoms with Gasteiger partial charge in [0, 0.05) is 25.7 Å². The second kappa shape index (κ2) is 7.20. The van der Waals surface area contributed by atoms with Gasteiger partial charge < -0.3 is 5.11 Å². The van der Waals surface area contributed by atoms with E-state index < -0.39 is 10.0 Å². The molecular formula is C14H28N2O3S. The zero-order valence-corrected chi connectivity index (χ0v) is 13.3. The van der Waals surface area contributed by atoms with Crippen LogP contribution < -0.4 is 0 Å². The molecular weight excluding hydrogens is 276 g/mol. The van der Waals surface area contributed by atoms with E-state index in [-0.39, 0.29) is 12.6 Å². The summed E-state index contributed by atoms with van der Waals surface area (Å²) < 4.78 is 25.0. The molecule has 0 aromatic carbocycles. The van der Waals surface area contributed by atoms with E-state index in [1.807, 2.05) is 0 Å². The van der Waals surface area contributed by atoms with Crippen LogP contribution in [0.5, 0.6) is 0 Å². The molecule has 20 heavy (non-hydrogen) atoms. The zero-order valence-electron chi connectivity index (χ0n) is 12.5. The number of piperidine rings is 1. The lowest BCUT2D eigenvalue weighted by molar-refractivity contribution is 0.0950. The molecule has 0 aromatic rings. The van der Waals surface area contributed by atoms with Crippen molar-refractivity contribution in [2.45, 2.75) is 44.6 Å². The van der Waals surface area contributed by atoms with Crippen LogP contribution in [0.2, 0.25) is 0 Å². The van der Waals surface area contributed by atoms with Gasteiger partial charge in [-0.15, -0.1) is 0 Å². The van der Waals surface area contributed by atoms with Crippen LogP contribution in [0.25, 0.3) is 0 Å². The molecule has 2 saturated heterocycles. The maximum absolute atomic E-state index is 11.7. The first-order valence-corrected chi connectivity index (χ1v) is 9.65. The van der Waals surface area contributed by atoms with E-state index in [1.165, 1.54) is 25.5 Å². The molecule has 2 atom stereocenters. The van der Waals surface area contributed by atoms with E-state index in [4.69, 9.17) is 0 Å².